The lowest BCUT2D eigenvalue weighted by Gasteiger charge is -2.27. The fourth-order valence-corrected chi connectivity index (χ4v) is 3.77. The summed E-state index contributed by atoms with van der Waals surface area (Å²) in [7, 11) is 0. The summed E-state index contributed by atoms with van der Waals surface area (Å²) in [5.74, 6) is 1.63. The van der Waals surface area contributed by atoms with Crippen LogP contribution in [0.1, 0.15) is 25.8 Å². The molecule has 0 spiro atoms. The summed E-state index contributed by atoms with van der Waals surface area (Å²) in [6.45, 7) is 4.94. The zero-order chi connectivity index (χ0) is 16.2. The van der Waals surface area contributed by atoms with Crippen molar-refractivity contribution in [1.29, 1.82) is 0 Å². The van der Waals surface area contributed by atoms with Gasteiger partial charge in [-0.3, -0.25) is 0 Å². The normalized spacial score (nSPS) is 21.6. The summed E-state index contributed by atoms with van der Waals surface area (Å²) in [6.07, 6.45) is 0.730. The standard InChI is InChI=1S/C16H23ClN2O2S/c1-15(2,12-3-5-13(17)6-4-12)9-18-14(20)19-10-16(21)7-8-22-11-16/h3-6,21H,7-11H2,1-2H3,(H2,18,19,20). The lowest BCUT2D eigenvalue weighted by molar-refractivity contribution is 0.0699. The Morgan fingerprint density at radius 1 is 1.36 bits per heavy atom. The molecule has 0 aromatic heterocycles. The number of carbonyl (C=O) groups is 1. The van der Waals surface area contributed by atoms with Crippen LogP contribution in [0.5, 0.6) is 0 Å². The molecular formula is C16H23ClN2O2S. The number of carbonyl (C=O) groups excluding carboxylic acids is 1. The first kappa shape index (κ1) is 17.4. The Bertz CT molecular complexity index is 513. The molecule has 1 aliphatic heterocycles. The number of hydrogen-bond acceptors (Lipinski definition) is 3. The predicted octanol–water partition coefficient (Wildman–Crippen LogP) is 2.78. The molecule has 1 saturated heterocycles. The highest BCUT2D eigenvalue weighted by atomic mass is 35.5. The third kappa shape index (κ3) is 4.80. The lowest BCUT2D eigenvalue weighted by Crippen LogP contribution is -2.48. The molecule has 22 heavy (non-hydrogen) atoms. The van der Waals surface area contributed by atoms with Gasteiger partial charge in [-0.05, 0) is 29.9 Å². The Labute approximate surface area is 141 Å². The van der Waals surface area contributed by atoms with E-state index in [4.69, 9.17) is 11.6 Å². The number of halogens is 1. The van der Waals surface area contributed by atoms with Crippen LogP contribution in [0, 0.1) is 0 Å². The number of rotatable bonds is 5. The first-order chi connectivity index (χ1) is 10.3. The second-order valence-corrected chi connectivity index (χ2v) is 8.00. The average Bonchev–Trinajstić information content (AvgIpc) is 2.91. The van der Waals surface area contributed by atoms with E-state index in [1.165, 1.54) is 0 Å². The Morgan fingerprint density at radius 2 is 2.05 bits per heavy atom. The maximum Gasteiger partial charge on any atom is 0.314 e. The number of amides is 2. The third-order valence-electron chi connectivity index (χ3n) is 3.98. The van der Waals surface area contributed by atoms with Crippen LogP contribution in [0.25, 0.3) is 0 Å². The fraction of sp³-hybridized carbons (Fsp3) is 0.562. The Hall–Kier alpha value is -0.910. The molecule has 3 N–H and O–H groups in total. The van der Waals surface area contributed by atoms with Crippen LogP contribution in [-0.2, 0) is 5.41 Å². The van der Waals surface area contributed by atoms with Crippen LogP contribution >= 0.6 is 23.4 Å². The second kappa shape index (κ2) is 7.11. The molecule has 0 bridgehead atoms. The van der Waals surface area contributed by atoms with Gasteiger partial charge in [0.25, 0.3) is 0 Å². The molecule has 2 rings (SSSR count). The molecule has 6 heteroatoms. The van der Waals surface area contributed by atoms with Gasteiger partial charge in [0.2, 0.25) is 0 Å². The molecular weight excluding hydrogens is 320 g/mol. The van der Waals surface area contributed by atoms with Crippen molar-refractivity contribution in [1.82, 2.24) is 10.6 Å². The minimum absolute atomic E-state index is 0.192. The summed E-state index contributed by atoms with van der Waals surface area (Å²) in [5.41, 5.74) is 0.165. The third-order valence-corrected chi connectivity index (χ3v) is 5.46. The number of aliphatic hydroxyl groups is 1. The molecule has 1 fully saturated rings. The van der Waals surface area contributed by atoms with Crippen LogP contribution < -0.4 is 10.6 Å². The van der Waals surface area contributed by atoms with E-state index < -0.39 is 5.60 Å². The van der Waals surface area contributed by atoms with E-state index in [2.05, 4.69) is 24.5 Å². The zero-order valence-corrected chi connectivity index (χ0v) is 14.6. The summed E-state index contributed by atoms with van der Waals surface area (Å²) in [5, 5.41) is 16.5. The van der Waals surface area contributed by atoms with E-state index in [9.17, 15) is 9.90 Å². The zero-order valence-electron chi connectivity index (χ0n) is 13.0. The van der Waals surface area contributed by atoms with E-state index >= 15 is 0 Å². The molecule has 2 amide bonds. The predicted molar refractivity (Wildman–Crippen MR) is 92.8 cm³/mol. The second-order valence-electron chi connectivity index (χ2n) is 6.45. The molecule has 1 atom stereocenters. The van der Waals surface area contributed by atoms with E-state index in [1.54, 1.807) is 11.8 Å². The molecule has 1 aliphatic rings. The Morgan fingerprint density at radius 3 is 2.64 bits per heavy atom. The van der Waals surface area contributed by atoms with Crippen molar-refractivity contribution in [3.8, 4) is 0 Å². The highest BCUT2D eigenvalue weighted by molar-refractivity contribution is 7.99. The van der Waals surface area contributed by atoms with Crippen molar-refractivity contribution in [2.45, 2.75) is 31.3 Å². The van der Waals surface area contributed by atoms with E-state index in [1.807, 2.05) is 24.3 Å². The fourth-order valence-electron chi connectivity index (χ4n) is 2.35. The highest BCUT2D eigenvalue weighted by Gasteiger charge is 2.32. The number of thioether (sulfide) groups is 1. The summed E-state index contributed by atoms with van der Waals surface area (Å²) in [6, 6.07) is 7.41. The highest BCUT2D eigenvalue weighted by Crippen LogP contribution is 2.27. The van der Waals surface area contributed by atoms with Gasteiger partial charge < -0.3 is 15.7 Å². The van der Waals surface area contributed by atoms with Crippen LogP contribution in [0.3, 0.4) is 0 Å². The quantitative estimate of drug-likeness (QED) is 0.771. The van der Waals surface area contributed by atoms with Crippen molar-refractivity contribution in [2.75, 3.05) is 24.6 Å². The number of nitrogens with one attached hydrogen (secondary N) is 2. The number of hydrogen-bond donors (Lipinski definition) is 3. The van der Waals surface area contributed by atoms with Crippen molar-refractivity contribution >= 4 is 29.4 Å². The molecule has 1 unspecified atom stereocenters. The van der Waals surface area contributed by atoms with Gasteiger partial charge in [-0.1, -0.05) is 37.6 Å². The minimum atomic E-state index is -0.756. The van der Waals surface area contributed by atoms with Crippen molar-refractivity contribution in [2.24, 2.45) is 0 Å². The van der Waals surface area contributed by atoms with Crippen LogP contribution in [-0.4, -0.2) is 41.3 Å². The van der Waals surface area contributed by atoms with Crippen molar-refractivity contribution in [3.05, 3.63) is 34.9 Å². The molecule has 1 aromatic rings. The Kier molecular flexibility index (Phi) is 5.64. The molecule has 4 nitrogen and oxygen atoms in total. The number of benzene rings is 1. The lowest BCUT2D eigenvalue weighted by atomic mass is 9.85. The Balaban J connectivity index is 1.80. The summed E-state index contributed by atoms with van der Waals surface area (Å²) < 4.78 is 0. The molecule has 1 heterocycles. The molecule has 122 valence electrons. The van der Waals surface area contributed by atoms with Gasteiger partial charge in [0.1, 0.15) is 0 Å². The molecule has 0 saturated carbocycles. The van der Waals surface area contributed by atoms with Crippen LogP contribution in [0.4, 0.5) is 4.79 Å². The van der Waals surface area contributed by atoms with Crippen molar-refractivity contribution in [3.63, 3.8) is 0 Å². The number of urea groups is 1. The topological polar surface area (TPSA) is 61.4 Å². The SMILES string of the molecule is CC(C)(CNC(=O)NCC1(O)CCSC1)c1ccc(Cl)cc1. The van der Waals surface area contributed by atoms with Gasteiger partial charge in [-0.15, -0.1) is 0 Å². The molecule has 0 radical (unpaired) electrons. The van der Waals surface area contributed by atoms with E-state index in [0.717, 1.165) is 17.7 Å². The molecule has 0 aliphatic carbocycles. The smallest absolute Gasteiger partial charge is 0.314 e. The monoisotopic (exact) mass is 342 g/mol. The van der Waals surface area contributed by atoms with Crippen LogP contribution in [0.15, 0.2) is 24.3 Å². The van der Waals surface area contributed by atoms with Gasteiger partial charge in [-0.2, -0.15) is 11.8 Å². The van der Waals surface area contributed by atoms with Gasteiger partial charge in [-0.25, -0.2) is 4.79 Å². The summed E-state index contributed by atoms with van der Waals surface area (Å²) in [4.78, 5) is 11.9. The largest absolute Gasteiger partial charge is 0.387 e. The summed E-state index contributed by atoms with van der Waals surface area (Å²) >= 11 is 7.62. The van der Waals surface area contributed by atoms with E-state index in [-0.39, 0.29) is 11.4 Å². The van der Waals surface area contributed by atoms with Gasteiger partial charge >= 0.3 is 6.03 Å². The maximum atomic E-state index is 11.9. The molecule has 1 aromatic carbocycles. The van der Waals surface area contributed by atoms with Gasteiger partial charge in [0.15, 0.2) is 0 Å². The van der Waals surface area contributed by atoms with Gasteiger partial charge in [0.05, 0.1) is 5.60 Å². The maximum absolute atomic E-state index is 11.9. The first-order valence-electron chi connectivity index (χ1n) is 7.39. The first-order valence-corrected chi connectivity index (χ1v) is 8.92. The van der Waals surface area contributed by atoms with Crippen LogP contribution in [0.2, 0.25) is 5.02 Å². The van der Waals surface area contributed by atoms with Crippen molar-refractivity contribution < 1.29 is 9.90 Å². The minimum Gasteiger partial charge on any atom is -0.387 e. The average molecular weight is 343 g/mol. The van der Waals surface area contributed by atoms with Gasteiger partial charge in [0, 0.05) is 29.3 Å². The van der Waals surface area contributed by atoms with E-state index in [0.29, 0.717) is 23.9 Å².